The van der Waals surface area contributed by atoms with Crippen molar-refractivity contribution in [3.8, 4) is 0 Å². The quantitative estimate of drug-likeness (QED) is 0.828. The number of carbonyl (C=O) groups is 1. The van der Waals surface area contributed by atoms with Crippen molar-refractivity contribution in [1.82, 2.24) is 5.32 Å². The molecule has 0 fully saturated rings. The third-order valence-electron chi connectivity index (χ3n) is 2.59. The van der Waals surface area contributed by atoms with E-state index in [1.54, 1.807) is 12.1 Å². The highest BCUT2D eigenvalue weighted by molar-refractivity contribution is 7.99. The van der Waals surface area contributed by atoms with Gasteiger partial charge in [-0.05, 0) is 24.5 Å². The number of carbonyl (C=O) groups excluding carboxylic acids is 1. The standard InChI is InChI=1S/C14H19ClFNOS/c1-10(2)6-7-17-14(18)9-19-8-11-12(15)4-3-5-13(11)16/h3-5,10H,6-9H2,1-2H3,(H,17,18). The molecule has 1 aromatic rings. The number of amides is 1. The first kappa shape index (κ1) is 16.3. The largest absolute Gasteiger partial charge is 0.355 e. The van der Waals surface area contributed by atoms with Gasteiger partial charge in [0.2, 0.25) is 5.91 Å². The van der Waals surface area contributed by atoms with E-state index >= 15 is 0 Å². The molecule has 0 aromatic heterocycles. The minimum absolute atomic E-state index is 0.0156. The third-order valence-corrected chi connectivity index (χ3v) is 3.90. The molecule has 0 radical (unpaired) electrons. The molecule has 0 saturated carbocycles. The second kappa shape index (κ2) is 8.43. The maximum absolute atomic E-state index is 13.5. The van der Waals surface area contributed by atoms with Crippen LogP contribution in [0.15, 0.2) is 18.2 Å². The molecule has 0 unspecified atom stereocenters. The summed E-state index contributed by atoms with van der Waals surface area (Å²) in [6.45, 7) is 4.92. The van der Waals surface area contributed by atoms with E-state index in [2.05, 4.69) is 19.2 Å². The van der Waals surface area contributed by atoms with E-state index < -0.39 is 0 Å². The van der Waals surface area contributed by atoms with Gasteiger partial charge in [0.05, 0.1) is 5.75 Å². The van der Waals surface area contributed by atoms with Crippen molar-refractivity contribution in [3.63, 3.8) is 0 Å². The van der Waals surface area contributed by atoms with Crippen molar-refractivity contribution in [1.29, 1.82) is 0 Å². The van der Waals surface area contributed by atoms with Crippen LogP contribution in [-0.4, -0.2) is 18.2 Å². The van der Waals surface area contributed by atoms with Gasteiger partial charge in [-0.2, -0.15) is 0 Å². The molecule has 0 spiro atoms. The van der Waals surface area contributed by atoms with E-state index in [-0.39, 0.29) is 11.7 Å². The number of thioether (sulfide) groups is 1. The molecule has 1 N–H and O–H groups in total. The summed E-state index contributed by atoms with van der Waals surface area (Å²) in [5.74, 6) is 0.967. The fourth-order valence-corrected chi connectivity index (χ4v) is 2.66. The highest BCUT2D eigenvalue weighted by Gasteiger charge is 2.08. The lowest BCUT2D eigenvalue weighted by atomic mass is 10.1. The van der Waals surface area contributed by atoms with Crippen LogP contribution >= 0.6 is 23.4 Å². The predicted octanol–water partition coefficient (Wildman–Crippen LogP) is 3.87. The maximum atomic E-state index is 13.5. The topological polar surface area (TPSA) is 29.1 Å². The van der Waals surface area contributed by atoms with Crippen LogP contribution < -0.4 is 5.32 Å². The lowest BCUT2D eigenvalue weighted by molar-refractivity contribution is -0.118. The molecule has 0 aliphatic heterocycles. The van der Waals surface area contributed by atoms with E-state index in [4.69, 9.17) is 11.6 Å². The lowest BCUT2D eigenvalue weighted by Gasteiger charge is -2.08. The molecule has 1 rings (SSSR count). The van der Waals surface area contributed by atoms with Gasteiger partial charge < -0.3 is 5.32 Å². The Bertz CT molecular complexity index is 406. The van der Waals surface area contributed by atoms with Crippen LogP contribution in [0.2, 0.25) is 5.02 Å². The van der Waals surface area contributed by atoms with E-state index in [1.807, 2.05) is 0 Å². The van der Waals surface area contributed by atoms with Crippen LogP contribution in [0.1, 0.15) is 25.8 Å². The summed E-state index contributed by atoms with van der Waals surface area (Å²) in [5, 5.41) is 3.25. The smallest absolute Gasteiger partial charge is 0.230 e. The Hall–Kier alpha value is -0.740. The minimum atomic E-state index is -0.319. The van der Waals surface area contributed by atoms with Crippen molar-refractivity contribution >= 4 is 29.3 Å². The number of hydrogen-bond donors (Lipinski definition) is 1. The number of hydrogen-bond acceptors (Lipinski definition) is 2. The van der Waals surface area contributed by atoms with Gasteiger partial charge in [0.15, 0.2) is 0 Å². The predicted molar refractivity (Wildman–Crippen MR) is 80.0 cm³/mol. The molecule has 2 nitrogen and oxygen atoms in total. The summed E-state index contributed by atoms with van der Waals surface area (Å²) in [6, 6.07) is 4.61. The van der Waals surface area contributed by atoms with Gasteiger partial charge >= 0.3 is 0 Å². The highest BCUT2D eigenvalue weighted by atomic mass is 35.5. The van der Waals surface area contributed by atoms with Crippen LogP contribution in [0, 0.1) is 11.7 Å². The summed E-state index contributed by atoms with van der Waals surface area (Å²) in [4.78, 5) is 11.5. The molecule has 0 bridgehead atoms. The Morgan fingerprint density at radius 3 is 2.84 bits per heavy atom. The van der Waals surface area contributed by atoms with E-state index in [1.165, 1.54) is 17.8 Å². The molecule has 19 heavy (non-hydrogen) atoms. The summed E-state index contributed by atoms with van der Waals surface area (Å²) in [7, 11) is 0. The zero-order valence-corrected chi connectivity index (χ0v) is 12.8. The van der Waals surface area contributed by atoms with Crippen LogP contribution in [0.25, 0.3) is 0 Å². The first-order chi connectivity index (χ1) is 9.00. The van der Waals surface area contributed by atoms with Crippen molar-refractivity contribution in [3.05, 3.63) is 34.6 Å². The van der Waals surface area contributed by atoms with Gasteiger partial charge in [-0.3, -0.25) is 4.79 Å². The molecule has 0 heterocycles. The SMILES string of the molecule is CC(C)CCNC(=O)CSCc1c(F)cccc1Cl. The van der Waals surface area contributed by atoms with Gasteiger partial charge in [-0.15, -0.1) is 11.8 Å². The highest BCUT2D eigenvalue weighted by Crippen LogP contribution is 2.23. The molecule has 0 aliphatic rings. The molecule has 0 atom stereocenters. The number of halogens is 2. The van der Waals surface area contributed by atoms with Gasteiger partial charge in [-0.25, -0.2) is 4.39 Å². The van der Waals surface area contributed by atoms with E-state index in [0.717, 1.165) is 6.42 Å². The molecular formula is C14H19ClFNOS. The average molecular weight is 304 g/mol. The Labute approximate surface area is 123 Å². The molecule has 1 aromatic carbocycles. The zero-order chi connectivity index (χ0) is 14.3. The molecule has 106 valence electrons. The molecular weight excluding hydrogens is 285 g/mol. The van der Waals surface area contributed by atoms with Gasteiger partial charge in [0.1, 0.15) is 5.82 Å². The molecule has 0 aliphatic carbocycles. The number of rotatable bonds is 7. The number of benzene rings is 1. The Balaban J connectivity index is 2.28. The molecule has 1 amide bonds. The number of nitrogens with one attached hydrogen (secondary N) is 1. The van der Waals surface area contributed by atoms with Crippen LogP contribution in [0.3, 0.4) is 0 Å². The fraction of sp³-hybridized carbons (Fsp3) is 0.500. The second-order valence-corrected chi connectivity index (χ2v) is 6.12. The van der Waals surface area contributed by atoms with Gasteiger partial charge in [-0.1, -0.05) is 31.5 Å². The summed E-state index contributed by atoms with van der Waals surface area (Å²) < 4.78 is 13.5. The Morgan fingerprint density at radius 1 is 1.47 bits per heavy atom. The maximum Gasteiger partial charge on any atom is 0.230 e. The Morgan fingerprint density at radius 2 is 2.21 bits per heavy atom. The zero-order valence-electron chi connectivity index (χ0n) is 11.2. The molecule has 5 heteroatoms. The van der Waals surface area contributed by atoms with E-state index in [0.29, 0.717) is 34.6 Å². The Kier molecular flexibility index (Phi) is 7.24. The summed E-state index contributed by atoms with van der Waals surface area (Å²) in [5.41, 5.74) is 0.462. The van der Waals surface area contributed by atoms with E-state index in [9.17, 15) is 9.18 Å². The summed E-state index contributed by atoms with van der Waals surface area (Å²) >= 11 is 7.27. The average Bonchev–Trinajstić information content (AvgIpc) is 2.32. The van der Waals surface area contributed by atoms with Gasteiger partial charge in [0.25, 0.3) is 0 Å². The monoisotopic (exact) mass is 303 g/mol. The first-order valence-corrected chi connectivity index (χ1v) is 7.81. The normalized spacial score (nSPS) is 10.8. The second-order valence-electron chi connectivity index (χ2n) is 4.73. The third kappa shape index (κ3) is 6.30. The van der Waals surface area contributed by atoms with Crippen molar-refractivity contribution in [2.45, 2.75) is 26.0 Å². The first-order valence-electron chi connectivity index (χ1n) is 6.28. The fourth-order valence-electron chi connectivity index (χ4n) is 1.47. The molecule has 0 saturated heterocycles. The van der Waals surface area contributed by atoms with Gasteiger partial charge in [0, 0.05) is 22.9 Å². The van der Waals surface area contributed by atoms with Crippen LogP contribution in [0.5, 0.6) is 0 Å². The lowest BCUT2D eigenvalue weighted by Crippen LogP contribution is -2.27. The van der Waals surface area contributed by atoms with Crippen LogP contribution in [0.4, 0.5) is 4.39 Å². The van der Waals surface area contributed by atoms with Crippen molar-refractivity contribution in [2.24, 2.45) is 5.92 Å². The van der Waals surface area contributed by atoms with Crippen molar-refractivity contribution in [2.75, 3.05) is 12.3 Å². The van der Waals surface area contributed by atoms with Crippen molar-refractivity contribution < 1.29 is 9.18 Å². The van der Waals surface area contributed by atoms with Crippen LogP contribution in [-0.2, 0) is 10.5 Å². The summed E-state index contributed by atoms with van der Waals surface area (Å²) in [6.07, 6.45) is 0.968. The minimum Gasteiger partial charge on any atom is -0.355 e.